The number of sulfone groups is 1. The Morgan fingerprint density at radius 2 is 1.75 bits per heavy atom. The molecular weight excluding hydrogens is 428 g/mol. The summed E-state index contributed by atoms with van der Waals surface area (Å²) >= 11 is 5.47. The largest absolute Gasteiger partial charge is 0.398 e. The first-order valence-corrected chi connectivity index (χ1v) is 11.8. The summed E-state index contributed by atoms with van der Waals surface area (Å²) in [6, 6.07) is 8.42. The SMILES string of the molecule is Cc1cc(S(=O)(=O)O)c(N)cc1NC(=O)c1ccc(CS(=O)(=O)CCCl)cc1. The normalized spacial score (nSPS) is 12.0. The lowest BCUT2D eigenvalue weighted by molar-refractivity contribution is 0.102. The number of nitrogen functional groups attached to an aromatic ring is 1. The summed E-state index contributed by atoms with van der Waals surface area (Å²) < 4.78 is 55.3. The molecule has 11 heteroatoms. The van der Waals surface area contributed by atoms with Gasteiger partial charge in [-0.05, 0) is 42.3 Å². The van der Waals surface area contributed by atoms with Gasteiger partial charge in [-0.3, -0.25) is 9.35 Å². The zero-order valence-electron chi connectivity index (χ0n) is 14.8. The van der Waals surface area contributed by atoms with Gasteiger partial charge in [-0.2, -0.15) is 8.42 Å². The third-order valence-electron chi connectivity index (χ3n) is 3.87. The molecule has 152 valence electrons. The fourth-order valence-corrected chi connectivity index (χ4v) is 4.91. The molecule has 0 fully saturated rings. The molecule has 0 unspecified atom stereocenters. The lowest BCUT2D eigenvalue weighted by Crippen LogP contribution is -2.14. The average molecular weight is 447 g/mol. The van der Waals surface area contributed by atoms with E-state index in [1.54, 1.807) is 6.92 Å². The summed E-state index contributed by atoms with van der Waals surface area (Å²) in [5, 5.41) is 2.60. The number of rotatable bonds is 7. The van der Waals surface area contributed by atoms with Gasteiger partial charge in [0.1, 0.15) is 4.90 Å². The molecule has 0 aliphatic heterocycles. The maximum absolute atomic E-state index is 12.4. The molecule has 4 N–H and O–H groups in total. The maximum atomic E-state index is 12.4. The fourth-order valence-electron chi connectivity index (χ4n) is 2.45. The number of carbonyl (C=O) groups is 1. The summed E-state index contributed by atoms with van der Waals surface area (Å²) in [5.41, 5.74) is 6.90. The van der Waals surface area contributed by atoms with Gasteiger partial charge in [0, 0.05) is 17.1 Å². The highest BCUT2D eigenvalue weighted by Crippen LogP contribution is 2.26. The number of carbonyl (C=O) groups excluding carboxylic acids is 1. The quantitative estimate of drug-likeness (QED) is 0.336. The smallest absolute Gasteiger partial charge is 0.296 e. The van der Waals surface area contributed by atoms with Crippen LogP contribution in [-0.2, 0) is 25.7 Å². The predicted molar refractivity (Wildman–Crippen MR) is 108 cm³/mol. The molecule has 0 saturated carbocycles. The molecule has 2 rings (SSSR count). The monoisotopic (exact) mass is 446 g/mol. The van der Waals surface area contributed by atoms with E-state index in [9.17, 15) is 21.6 Å². The van der Waals surface area contributed by atoms with Gasteiger partial charge in [0.25, 0.3) is 16.0 Å². The fraction of sp³-hybridized carbons (Fsp3) is 0.235. The Morgan fingerprint density at radius 1 is 1.14 bits per heavy atom. The number of benzene rings is 2. The van der Waals surface area contributed by atoms with Gasteiger partial charge in [0.2, 0.25) is 0 Å². The molecule has 0 saturated heterocycles. The number of aryl methyl sites for hydroxylation is 1. The van der Waals surface area contributed by atoms with Crippen molar-refractivity contribution in [1.29, 1.82) is 0 Å². The Morgan fingerprint density at radius 3 is 2.29 bits per heavy atom. The van der Waals surface area contributed by atoms with Crippen LogP contribution in [-0.4, -0.2) is 38.9 Å². The van der Waals surface area contributed by atoms with Crippen LogP contribution < -0.4 is 11.1 Å². The molecule has 0 aromatic heterocycles. The van der Waals surface area contributed by atoms with E-state index in [4.69, 9.17) is 21.9 Å². The molecule has 1 amide bonds. The summed E-state index contributed by atoms with van der Waals surface area (Å²) in [6.07, 6.45) is 0. The van der Waals surface area contributed by atoms with Crippen molar-refractivity contribution in [2.45, 2.75) is 17.6 Å². The molecular formula is C17H19ClN2O6S2. The second-order valence-corrected chi connectivity index (χ2v) is 10.1. The lowest BCUT2D eigenvalue weighted by atomic mass is 10.1. The minimum atomic E-state index is -4.47. The minimum absolute atomic E-state index is 0.0156. The molecule has 28 heavy (non-hydrogen) atoms. The van der Waals surface area contributed by atoms with Crippen molar-refractivity contribution in [3.05, 3.63) is 53.1 Å². The number of anilines is 2. The van der Waals surface area contributed by atoms with Crippen molar-refractivity contribution in [3.8, 4) is 0 Å². The van der Waals surface area contributed by atoms with E-state index in [1.165, 1.54) is 30.3 Å². The number of nitrogens with one attached hydrogen (secondary N) is 1. The van der Waals surface area contributed by atoms with Gasteiger partial charge in [-0.25, -0.2) is 8.42 Å². The standard InChI is InChI=1S/C17H19ClN2O6S2/c1-11-8-16(28(24,25)26)14(19)9-15(11)20-17(21)13-4-2-12(3-5-13)10-27(22,23)7-6-18/h2-5,8-9H,6-7,10,19H2,1H3,(H,20,21)(H,24,25,26). The second kappa shape index (κ2) is 8.48. The van der Waals surface area contributed by atoms with Crippen molar-refractivity contribution in [3.63, 3.8) is 0 Å². The van der Waals surface area contributed by atoms with Gasteiger partial charge in [0.05, 0.1) is 17.2 Å². The molecule has 0 aliphatic rings. The molecule has 2 aromatic rings. The van der Waals surface area contributed by atoms with Crippen LogP contribution in [0.25, 0.3) is 0 Å². The van der Waals surface area contributed by atoms with E-state index in [-0.39, 0.29) is 34.3 Å². The van der Waals surface area contributed by atoms with E-state index in [0.29, 0.717) is 11.1 Å². The summed E-state index contributed by atoms with van der Waals surface area (Å²) in [6.45, 7) is 1.55. The number of nitrogens with two attached hydrogens (primary N) is 1. The van der Waals surface area contributed by atoms with Gasteiger partial charge in [-0.15, -0.1) is 11.6 Å². The Bertz CT molecular complexity index is 1100. The zero-order valence-corrected chi connectivity index (χ0v) is 17.2. The first kappa shape index (κ1) is 22.2. The number of hydrogen-bond donors (Lipinski definition) is 3. The van der Waals surface area contributed by atoms with E-state index < -0.39 is 30.8 Å². The van der Waals surface area contributed by atoms with Crippen LogP contribution in [0.1, 0.15) is 21.5 Å². The third-order valence-corrected chi connectivity index (χ3v) is 6.80. The van der Waals surface area contributed by atoms with Crippen LogP contribution in [0.3, 0.4) is 0 Å². The molecule has 8 nitrogen and oxygen atoms in total. The topological polar surface area (TPSA) is 144 Å². The first-order chi connectivity index (χ1) is 12.9. The highest BCUT2D eigenvalue weighted by Gasteiger charge is 2.17. The molecule has 2 aromatic carbocycles. The van der Waals surface area contributed by atoms with E-state index >= 15 is 0 Å². The van der Waals surface area contributed by atoms with Gasteiger partial charge in [0.15, 0.2) is 9.84 Å². The second-order valence-electron chi connectivity index (χ2n) is 6.11. The molecule has 0 bridgehead atoms. The van der Waals surface area contributed by atoms with Gasteiger partial charge < -0.3 is 11.1 Å². The van der Waals surface area contributed by atoms with Gasteiger partial charge >= 0.3 is 0 Å². The van der Waals surface area contributed by atoms with Crippen molar-refractivity contribution in [2.75, 3.05) is 22.7 Å². The number of amides is 1. The Hall–Kier alpha value is -2.14. The van der Waals surface area contributed by atoms with Crippen LogP contribution in [0.15, 0.2) is 41.3 Å². The van der Waals surface area contributed by atoms with Crippen LogP contribution >= 0.6 is 11.6 Å². The van der Waals surface area contributed by atoms with E-state index in [0.717, 1.165) is 6.07 Å². The predicted octanol–water partition coefficient (Wildman–Crippen LogP) is 2.23. The molecule has 0 aliphatic carbocycles. The van der Waals surface area contributed by atoms with Crippen LogP contribution in [0, 0.1) is 6.92 Å². The van der Waals surface area contributed by atoms with E-state index in [1.807, 2.05) is 0 Å². The number of halogens is 1. The van der Waals surface area contributed by atoms with Crippen LogP contribution in [0.2, 0.25) is 0 Å². The third kappa shape index (κ3) is 5.68. The molecule has 0 heterocycles. The summed E-state index contributed by atoms with van der Waals surface area (Å²) in [7, 11) is -7.78. The zero-order chi connectivity index (χ0) is 21.1. The highest BCUT2D eigenvalue weighted by molar-refractivity contribution is 7.90. The number of hydrogen-bond acceptors (Lipinski definition) is 6. The highest BCUT2D eigenvalue weighted by atomic mass is 35.5. The van der Waals surface area contributed by atoms with Gasteiger partial charge in [-0.1, -0.05) is 12.1 Å². The molecule has 0 radical (unpaired) electrons. The molecule has 0 atom stereocenters. The van der Waals surface area contributed by atoms with Crippen molar-refractivity contribution >= 4 is 48.8 Å². The van der Waals surface area contributed by atoms with E-state index in [2.05, 4.69) is 5.32 Å². The molecule has 0 spiro atoms. The van der Waals surface area contributed by atoms with Crippen molar-refractivity contribution < 1.29 is 26.2 Å². The minimum Gasteiger partial charge on any atom is -0.398 e. The number of alkyl halides is 1. The van der Waals surface area contributed by atoms with Crippen molar-refractivity contribution in [2.24, 2.45) is 0 Å². The summed E-state index contributed by atoms with van der Waals surface area (Å²) in [4.78, 5) is 12.0. The summed E-state index contributed by atoms with van der Waals surface area (Å²) in [5.74, 6) is -0.773. The first-order valence-electron chi connectivity index (χ1n) is 7.97. The van der Waals surface area contributed by atoms with Crippen molar-refractivity contribution in [1.82, 2.24) is 0 Å². The Balaban J connectivity index is 2.19. The average Bonchev–Trinajstić information content (AvgIpc) is 2.57. The maximum Gasteiger partial charge on any atom is 0.296 e. The van der Waals surface area contributed by atoms with Crippen LogP contribution in [0.5, 0.6) is 0 Å². The Kier molecular flexibility index (Phi) is 6.71. The Labute approximate surface area is 168 Å². The van der Waals surface area contributed by atoms with Crippen LogP contribution in [0.4, 0.5) is 11.4 Å². The lowest BCUT2D eigenvalue weighted by Gasteiger charge is -2.12.